The maximum atomic E-state index is 12.2. The van der Waals surface area contributed by atoms with Crippen LogP contribution in [0, 0.1) is 13.8 Å². The van der Waals surface area contributed by atoms with Gasteiger partial charge in [0, 0.05) is 23.6 Å². The van der Waals surface area contributed by atoms with E-state index in [1.807, 2.05) is 42.7 Å². The van der Waals surface area contributed by atoms with Gasteiger partial charge in [0.15, 0.2) is 0 Å². The highest BCUT2D eigenvalue weighted by Gasteiger charge is 2.16. The smallest absolute Gasteiger partial charge is 0.305 e. The molecule has 0 spiro atoms. The van der Waals surface area contributed by atoms with Crippen LogP contribution in [-0.4, -0.2) is 35.2 Å². The third-order valence-corrected chi connectivity index (χ3v) is 3.63. The van der Waals surface area contributed by atoms with Crippen LogP contribution >= 0.6 is 0 Å². The molecule has 0 atom stereocenters. The van der Waals surface area contributed by atoms with Crippen molar-refractivity contribution in [3.63, 3.8) is 0 Å². The lowest BCUT2D eigenvalue weighted by atomic mass is 10.2. The highest BCUT2D eigenvalue weighted by molar-refractivity contribution is 5.96. The second kappa shape index (κ2) is 7.00. The molecule has 1 aromatic heterocycles. The molecule has 1 amide bonds. The van der Waals surface area contributed by atoms with E-state index < -0.39 is 5.97 Å². The molecule has 0 bridgehead atoms. The minimum Gasteiger partial charge on any atom is -0.497 e. The molecule has 2 N–H and O–H groups in total. The van der Waals surface area contributed by atoms with Gasteiger partial charge in [0.2, 0.25) is 0 Å². The molecule has 23 heavy (non-hydrogen) atoms. The third-order valence-electron chi connectivity index (χ3n) is 3.63. The molecule has 1 aromatic carbocycles. The molecule has 0 aliphatic carbocycles. The molecule has 0 aliphatic rings. The third kappa shape index (κ3) is 3.71. The van der Waals surface area contributed by atoms with Crippen molar-refractivity contribution in [3.8, 4) is 11.4 Å². The number of methoxy groups -OCH3 is 1. The Hall–Kier alpha value is -2.76. The van der Waals surface area contributed by atoms with E-state index in [1.54, 1.807) is 13.2 Å². The predicted molar refractivity (Wildman–Crippen MR) is 86.4 cm³/mol. The van der Waals surface area contributed by atoms with E-state index >= 15 is 0 Å². The zero-order chi connectivity index (χ0) is 17.0. The molecule has 0 saturated heterocycles. The Bertz CT molecular complexity index is 717. The van der Waals surface area contributed by atoms with Crippen LogP contribution in [0.15, 0.2) is 30.3 Å². The average molecular weight is 316 g/mol. The minimum absolute atomic E-state index is 0.0943. The molecule has 6 heteroatoms. The highest BCUT2D eigenvalue weighted by Crippen LogP contribution is 2.22. The van der Waals surface area contributed by atoms with E-state index in [9.17, 15) is 9.59 Å². The van der Waals surface area contributed by atoms with Gasteiger partial charge < -0.3 is 19.7 Å². The number of rotatable bonds is 6. The van der Waals surface area contributed by atoms with Crippen LogP contribution in [0.1, 0.15) is 28.2 Å². The number of carboxylic acids is 1. The number of carbonyl (C=O) groups excluding carboxylic acids is 1. The summed E-state index contributed by atoms with van der Waals surface area (Å²) >= 11 is 0. The second-order valence-electron chi connectivity index (χ2n) is 5.22. The lowest BCUT2D eigenvalue weighted by Crippen LogP contribution is -2.26. The monoisotopic (exact) mass is 316 g/mol. The number of carbonyl (C=O) groups is 2. The maximum absolute atomic E-state index is 12.2. The van der Waals surface area contributed by atoms with Gasteiger partial charge in [-0.2, -0.15) is 0 Å². The van der Waals surface area contributed by atoms with Crippen molar-refractivity contribution < 1.29 is 19.4 Å². The van der Waals surface area contributed by atoms with Crippen LogP contribution in [0.3, 0.4) is 0 Å². The molecule has 0 fully saturated rings. The SMILES string of the molecule is COc1ccc(-n2c(C)cc(C(=O)NCCC(=O)O)c2C)cc1. The van der Waals surface area contributed by atoms with E-state index in [0.29, 0.717) is 5.56 Å². The highest BCUT2D eigenvalue weighted by atomic mass is 16.5. The summed E-state index contributed by atoms with van der Waals surface area (Å²) in [7, 11) is 1.61. The van der Waals surface area contributed by atoms with Crippen molar-refractivity contribution in [1.82, 2.24) is 9.88 Å². The number of amides is 1. The molecule has 2 rings (SSSR count). The number of hydrogen-bond acceptors (Lipinski definition) is 3. The molecule has 2 aromatic rings. The summed E-state index contributed by atoms with van der Waals surface area (Å²) in [5.74, 6) is -0.434. The summed E-state index contributed by atoms with van der Waals surface area (Å²) in [6.45, 7) is 3.90. The van der Waals surface area contributed by atoms with E-state index in [1.165, 1.54) is 0 Å². The average Bonchev–Trinajstić information content (AvgIpc) is 2.82. The summed E-state index contributed by atoms with van der Waals surface area (Å²) in [6.07, 6.45) is -0.0943. The Balaban J connectivity index is 2.24. The number of aryl methyl sites for hydroxylation is 1. The maximum Gasteiger partial charge on any atom is 0.305 e. The summed E-state index contributed by atoms with van der Waals surface area (Å²) in [5.41, 5.74) is 3.21. The van der Waals surface area contributed by atoms with Crippen LogP contribution in [0.2, 0.25) is 0 Å². The number of nitrogens with zero attached hydrogens (tertiary/aromatic N) is 1. The number of aromatic nitrogens is 1. The molecule has 122 valence electrons. The molecule has 1 heterocycles. The van der Waals surface area contributed by atoms with E-state index in [2.05, 4.69) is 5.32 Å². The normalized spacial score (nSPS) is 10.4. The number of benzene rings is 1. The van der Waals surface area contributed by atoms with E-state index in [0.717, 1.165) is 22.8 Å². The predicted octanol–water partition coefficient (Wildman–Crippen LogP) is 2.31. The Labute approximate surface area is 134 Å². The van der Waals surface area contributed by atoms with Gasteiger partial charge in [0.1, 0.15) is 5.75 Å². The Kier molecular flexibility index (Phi) is 5.05. The van der Waals surface area contributed by atoms with Gasteiger partial charge in [-0.15, -0.1) is 0 Å². The van der Waals surface area contributed by atoms with Gasteiger partial charge in [-0.05, 0) is 44.2 Å². The lowest BCUT2D eigenvalue weighted by molar-refractivity contribution is -0.136. The first kappa shape index (κ1) is 16.6. The van der Waals surface area contributed by atoms with Gasteiger partial charge in [0.25, 0.3) is 5.91 Å². The number of nitrogens with one attached hydrogen (secondary N) is 1. The second-order valence-corrected chi connectivity index (χ2v) is 5.22. The fourth-order valence-electron chi connectivity index (χ4n) is 2.50. The molecular weight excluding hydrogens is 296 g/mol. The van der Waals surface area contributed by atoms with E-state index in [4.69, 9.17) is 9.84 Å². The van der Waals surface area contributed by atoms with Crippen LogP contribution in [-0.2, 0) is 4.79 Å². The number of aliphatic carboxylic acids is 1. The zero-order valence-electron chi connectivity index (χ0n) is 13.4. The van der Waals surface area contributed by atoms with Crippen molar-refractivity contribution in [2.75, 3.05) is 13.7 Å². The fourth-order valence-corrected chi connectivity index (χ4v) is 2.50. The first-order chi connectivity index (χ1) is 10.9. The first-order valence-electron chi connectivity index (χ1n) is 7.27. The molecular formula is C17H20N2O4. The molecule has 6 nitrogen and oxygen atoms in total. The Morgan fingerprint density at radius 1 is 1.22 bits per heavy atom. The standard InChI is InChI=1S/C17H20N2O4/c1-11-10-15(17(22)18-9-8-16(20)21)12(2)19(11)13-4-6-14(23-3)7-5-13/h4-7,10H,8-9H2,1-3H3,(H,18,22)(H,20,21). The van der Waals surface area contributed by atoms with Crippen molar-refractivity contribution >= 4 is 11.9 Å². The Morgan fingerprint density at radius 3 is 2.43 bits per heavy atom. The summed E-state index contributed by atoms with van der Waals surface area (Å²) < 4.78 is 7.13. The van der Waals surface area contributed by atoms with Gasteiger partial charge in [0.05, 0.1) is 19.1 Å². The minimum atomic E-state index is -0.936. The molecule has 0 unspecified atom stereocenters. The molecule has 0 radical (unpaired) electrons. The number of ether oxygens (including phenoxy) is 1. The fraction of sp³-hybridized carbons (Fsp3) is 0.294. The van der Waals surface area contributed by atoms with E-state index in [-0.39, 0.29) is 18.9 Å². The van der Waals surface area contributed by atoms with Crippen LogP contribution in [0.5, 0.6) is 5.75 Å². The first-order valence-corrected chi connectivity index (χ1v) is 7.27. The van der Waals surface area contributed by atoms with Crippen LogP contribution < -0.4 is 10.1 Å². The van der Waals surface area contributed by atoms with Gasteiger partial charge >= 0.3 is 5.97 Å². The summed E-state index contributed by atoms with van der Waals surface area (Å²) in [4.78, 5) is 22.7. The van der Waals surface area contributed by atoms with Crippen molar-refractivity contribution in [2.45, 2.75) is 20.3 Å². The van der Waals surface area contributed by atoms with Crippen molar-refractivity contribution in [1.29, 1.82) is 0 Å². The largest absolute Gasteiger partial charge is 0.497 e. The zero-order valence-corrected chi connectivity index (χ0v) is 13.4. The number of hydrogen-bond donors (Lipinski definition) is 2. The lowest BCUT2D eigenvalue weighted by Gasteiger charge is -2.11. The van der Waals surface area contributed by atoms with Crippen molar-refractivity contribution in [3.05, 3.63) is 47.3 Å². The summed E-state index contributed by atoms with van der Waals surface area (Å²) in [6, 6.07) is 9.37. The van der Waals surface area contributed by atoms with Crippen molar-refractivity contribution in [2.24, 2.45) is 0 Å². The number of carboxylic acid groups (broad SMARTS) is 1. The van der Waals surface area contributed by atoms with Gasteiger partial charge in [-0.25, -0.2) is 0 Å². The topological polar surface area (TPSA) is 80.6 Å². The molecule has 0 saturated carbocycles. The van der Waals surface area contributed by atoms with Crippen LogP contribution in [0.4, 0.5) is 0 Å². The Morgan fingerprint density at radius 2 is 1.87 bits per heavy atom. The molecule has 0 aliphatic heterocycles. The quantitative estimate of drug-likeness (QED) is 0.857. The summed E-state index contributed by atoms with van der Waals surface area (Å²) in [5, 5.41) is 11.3. The van der Waals surface area contributed by atoms with Gasteiger partial charge in [-0.1, -0.05) is 0 Å². The van der Waals surface area contributed by atoms with Gasteiger partial charge in [-0.3, -0.25) is 9.59 Å². The van der Waals surface area contributed by atoms with Crippen LogP contribution in [0.25, 0.3) is 5.69 Å².